The molecule has 140 valence electrons. The summed E-state index contributed by atoms with van der Waals surface area (Å²) in [4.78, 5) is 17.4. The molecule has 1 amide bonds. The number of carbonyl (C=O) groups is 1. The van der Waals surface area contributed by atoms with Crippen molar-refractivity contribution in [3.05, 3.63) is 47.5 Å². The average molecular weight is 368 g/mol. The van der Waals surface area contributed by atoms with Gasteiger partial charge in [0.15, 0.2) is 12.0 Å². The van der Waals surface area contributed by atoms with Gasteiger partial charge in [-0.05, 0) is 5.56 Å². The van der Waals surface area contributed by atoms with Gasteiger partial charge in [0.25, 0.3) is 12.3 Å². The Morgan fingerprint density at radius 3 is 2.77 bits per heavy atom. The van der Waals surface area contributed by atoms with Crippen LogP contribution in [0.15, 0.2) is 30.3 Å². The lowest BCUT2D eigenvalue weighted by atomic mass is 10.0. The van der Waals surface area contributed by atoms with Gasteiger partial charge >= 0.3 is 0 Å². The Morgan fingerprint density at radius 1 is 1.38 bits per heavy atom. The highest BCUT2D eigenvalue weighted by Gasteiger charge is 2.37. The van der Waals surface area contributed by atoms with Crippen molar-refractivity contribution in [1.82, 2.24) is 19.7 Å². The number of fused-ring (bicyclic) bond motifs is 1. The largest absolute Gasteiger partial charge is 0.383 e. The molecule has 6 nitrogen and oxygen atoms in total. The normalized spacial score (nSPS) is 19.0. The Hall–Kier alpha value is -2.42. The Bertz CT molecular complexity index is 754. The van der Waals surface area contributed by atoms with E-state index in [4.69, 9.17) is 4.74 Å². The molecular formula is C17H19F3N4O2. The summed E-state index contributed by atoms with van der Waals surface area (Å²) in [6, 6.07) is 8.82. The zero-order chi connectivity index (χ0) is 18.7. The SMILES string of the molecule is COCCN(CC(F)F)C(=O)c1nc2n(n1)C(c1ccccc1)CC2F. The molecule has 0 saturated carbocycles. The number of ether oxygens (including phenoxy) is 1. The van der Waals surface area contributed by atoms with Crippen molar-refractivity contribution >= 4 is 5.91 Å². The summed E-state index contributed by atoms with van der Waals surface area (Å²) in [7, 11) is 1.41. The van der Waals surface area contributed by atoms with E-state index in [2.05, 4.69) is 10.1 Å². The molecule has 0 bridgehead atoms. The fourth-order valence-corrected chi connectivity index (χ4v) is 3.01. The van der Waals surface area contributed by atoms with Crippen LogP contribution in [0.2, 0.25) is 0 Å². The van der Waals surface area contributed by atoms with E-state index in [1.165, 1.54) is 11.8 Å². The summed E-state index contributed by atoms with van der Waals surface area (Å²) < 4.78 is 46.1. The summed E-state index contributed by atoms with van der Waals surface area (Å²) in [5.41, 5.74) is 0.849. The summed E-state index contributed by atoms with van der Waals surface area (Å²) in [6.07, 6.45) is -3.88. The molecule has 1 aliphatic heterocycles. The molecule has 0 fully saturated rings. The zero-order valence-corrected chi connectivity index (χ0v) is 14.2. The molecule has 2 atom stereocenters. The monoisotopic (exact) mass is 368 g/mol. The standard InChI is InChI=1S/C17H19F3N4O2/c1-26-8-7-23(10-14(19)20)17(25)15-21-16-12(18)9-13(24(16)22-15)11-5-3-2-4-6-11/h2-6,12-14H,7-10H2,1H3. The van der Waals surface area contributed by atoms with Crippen LogP contribution < -0.4 is 0 Å². The minimum Gasteiger partial charge on any atom is -0.383 e. The van der Waals surface area contributed by atoms with E-state index in [0.29, 0.717) is 0 Å². The number of rotatable bonds is 7. The number of halogens is 3. The van der Waals surface area contributed by atoms with Crippen LogP contribution in [0.3, 0.4) is 0 Å². The van der Waals surface area contributed by atoms with Gasteiger partial charge in [-0.15, -0.1) is 5.10 Å². The minimum atomic E-state index is -2.70. The van der Waals surface area contributed by atoms with Gasteiger partial charge in [0, 0.05) is 20.1 Å². The van der Waals surface area contributed by atoms with E-state index in [1.807, 2.05) is 30.3 Å². The van der Waals surface area contributed by atoms with Crippen molar-refractivity contribution in [3.63, 3.8) is 0 Å². The fraction of sp³-hybridized carbons (Fsp3) is 0.471. The summed E-state index contributed by atoms with van der Waals surface area (Å²) in [5.74, 6) is -0.991. The predicted molar refractivity (Wildman–Crippen MR) is 86.9 cm³/mol. The molecule has 1 aliphatic rings. The molecule has 2 unspecified atom stereocenters. The van der Waals surface area contributed by atoms with Crippen LogP contribution in [-0.2, 0) is 4.74 Å². The Morgan fingerprint density at radius 2 is 2.12 bits per heavy atom. The molecule has 3 rings (SSSR count). The minimum absolute atomic E-state index is 0.0231. The van der Waals surface area contributed by atoms with Gasteiger partial charge in [0.2, 0.25) is 5.82 Å². The third-order valence-electron chi connectivity index (χ3n) is 4.25. The van der Waals surface area contributed by atoms with Gasteiger partial charge in [0.05, 0.1) is 19.2 Å². The van der Waals surface area contributed by atoms with Crippen LogP contribution in [0.1, 0.15) is 40.6 Å². The Kier molecular flexibility index (Phi) is 5.55. The first-order valence-electron chi connectivity index (χ1n) is 8.23. The number of benzene rings is 1. The predicted octanol–water partition coefficient (Wildman–Crippen LogP) is 2.64. The highest BCUT2D eigenvalue weighted by Crippen LogP contribution is 2.39. The average Bonchev–Trinajstić information content (AvgIpc) is 3.19. The van der Waals surface area contributed by atoms with Crippen LogP contribution in [0.25, 0.3) is 0 Å². The number of carbonyl (C=O) groups excluding carboxylic acids is 1. The molecule has 2 heterocycles. The third kappa shape index (κ3) is 3.72. The smallest absolute Gasteiger partial charge is 0.293 e. The lowest BCUT2D eigenvalue weighted by Gasteiger charge is -2.20. The molecule has 0 radical (unpaired) electrons. The number of hydrogen-bond donors (Lipinski definition) is 0. The van der Waals surface area contributed by atoms with Crippen LogP contribution in [0.4, 0.5) is 13.2 Å². The van der Waals surface area contributed by atoms with Crippen molar-refractivity contribution in [1.29, 1.82) is 0 Å². The van der Waals surface area contributed by atoms with Crippen molar-refractivity contribution in [2.75, 3.05) is 26.8 Å². The highest BCUT2D eigenvalue weighted by atomic mass is 19.3. The Labute approximate surface area is 148 Å². The zero-order valence-electron chi connectivity index (χ0n) is 14.2. The van der Waals surface area contributed by atoms with Crippen LogP contribution in [0, 0.1) is 0 Å². The molecule has 9 heteroatoms. The lowest BCUT2D eigenvalue weighted by molar-refractivity contribution is 0.0467. The molecule has 1 aromatic carbocycles. The topological polar surface area (TPSA) is 60.2 Å². The van der Waals surface area contributed by atoms with Crippen LogP contribution in [-0.4, -0.2) is 58.8 Å². The number of alkyl halides is 3. The molecule has 0 spiro atoms. The number of methoxy groups -OCH3 is 1. The van der Waals surface area contributed by atoms with Gasteiger partial charge in [-0.25, -0.2) is 22.8 Å². The number of aromatic nitrogens is 3. The van der Waals surface area contributed by atoms with E-state index in [1.54, 1.807) is 0 Å². The molecular weight excluding hydrogens is 349 g/mol. The first kappa shape index (κ1) is 18.4. The summed E-state index contributed by atoms with van der Waals surface area (Å²) in [5, 5.41) is 4.12. The first-order chi connectivity index (χ1) is 12.5. The number of hydrogen-bond acceptors (Lipinski definition) is 4. The molecule has 0 aliphatic carbocycles. The van der Waals surface area contributed by atoms with E-state index < -0.39 is 25.0 Å². The lowest BCUT2D eigenvalue weighted by Crippen LogP contribution is -2.38. The van der Waals surface area contributed by atoms with E-state index >= 15 is 0 Å². The molecule has 26 heavy (non-hydrogen) atoms. The molecule has 2 aromatic rings. The molecule has 0 saturated heterocycles. The summed E-state index contributed by atoms with van der Waals surface area (Å²) in [6.45, 7) is -0.678. The second-order valence-corrected chi connectivity index (χ2v) is 6.00. The maximum atomic E-state index is 14.4. The highest BCUT2D eigenvalue weighted by molar-refractivity contribution is 5.90. The van der Waals surface area contributed by atoms with Gasteiger partial charge in [0.1, 0.15) is 0 Å². The fourth-order valence-electron chi connectivity index (χ4n) is 3.01. The van der Waals surface area contributed by atoms with Gasteiger partial charge in [-0.1, -0.05) is 30.3 Å². The quantitative estimate of drug-likeness (QED) is 0.754. The van der Waals surface area contributed by atoms with Gasteiger partial charge in [-0.2, -0.15) is 0 Å². The van der Waals surface area contributed by atoms with Crippen LogP contribution >= 0.6 is 0 Å². The van der Waals surface area contributed by atoms with E-state index in [0.717, 1.165) is 10.5 Å². The first-order valence-corrected chi connectivity index (χ1v) is 8.23. The second kappa shape index (κ2) is 7.86. The number of amides is 1. The van der Waals surface area contributed by atoms with Crippen molar-refractivity contribution in [2.24, 2.45) is 0 Å². The molecule has 1 aromatic heterocycles. The number of nitrogens with zero attached hydrogens (tertiary/aromatic N) is 4. The Balaban J connectivity index is 1.86. The van der Waals surface area contributed by atoms with Crippen LogP contribution in [0.5, 0.6) is 0 Å². The third-order valence-corrected chi connectivity index (χ3v) is 4.25. The van der Waals surface area contributed by atoms with E-state index in [9.17, 15) is 18.0 Å². The second-order valence-electron chi connectivity index (χ2n) is 6.00. The van der Waals surface area contributed by atoms with E-state index in [-0.39, 0.29) is 37.3 Å². The maximum Gasteiger partial charge on any atom is 0.293 e. The van der Waals surface area contributed by atoms with Crippen molar-refractivity contribution in [2.45, 2.75) is 25.1 Å². The van der Waals surface area contributed by atoms with Gasteiger partial charge < -0.3 is 9.64 Å². The van der Waals surface area contributed by atoms with Crippen molar-refractivity contribution < 1.29 is 22.7 Å². The molecule has 0 N–H and O–H groups in total. The van der Waals surface area contributed by atoms with Crippen molar-refractivity contribution in [3.8, 4) is 0 Å². The summed E-state index contributed by atoms with van der Waals surface area (Å²) >= 11 is 0. The van der Waals surface area contributed by atoms with Gasteiger partial charge in [-0.3, -0.25) is 4.79 Å². The maximum absolute atomic E-state index is 14.4.